The Kier molecular flexibility index (Phi) is 2.57. The summed E-state index contributed by atoms with van der Waals surface area (Å²) in [6, 6.07) is 1.88. The van der Waals surface area contributed by atoms with Crippen LogP contribution in [0.15, 0.2) is 12.1 Å². The number of carboxylic acids is 1. The third-order valence-corrected chi connectivity index (χ3v) is 1.86. The number of nitrogens with two attached hydrogens (primary N) is 1. The van der Waals surface area contributed by atoms with Gasteiger partial charge >= 0.3 is 5.97 Å². The standard InChI is InChI=1S/C7H5ClN2O4/c8-4-2-6(10(13)14)5(9)1-3(4)7(11)12/h1-2H,9H2,(H,11,12). The zero-order valence-corrected chi connectivity index (χ0v) is 7.49. The van der Waals surface area contributed by atoms with Gasteiger partial charge < -0.3 is 10.8 Å². The van der Waals surface area contributed by atoms with Crippen molar-refractivity contribution in [1.82, 2.24) is 0 Å². The third-order valence-electron chi connectivity index (χ3n) is 1.54. The molecule has 0 heterocycles. The lowest BCUT2D eigenvalue weighted by Crippen LogP contribution is -2.02. The van der Waals surface area contributed by atoms with Crippen molar-refractivity contribution in [3.8, 4) is 0 Å². The summed E-state index contributed by atoms with van der Waals surface area (Å²) in [5, 5.41) is 18.8. The van der Waals surface area contributed by atoms with Crippen LogP contribution in [0.2, 0.25) is 5.02 Å². The maximum absolute atomic E-state index is 10.5. The molecule has 1 aromatic carbocycles. The molecule has 0 aliphatic rings. The lowest BCUT2D eigenvalue weighted by molar-refractivity contribution is -0.383. The highest BCUT2D eigenvalue weighted by Crippen LogP contribution is 2.28. The van der Waals surface area contributed by atoms with E-state index >= 15 is 0 Å². The Morgan fingerprint density at radius 3 is 2.57 bits per heavy atom. The molecule has 0 radical (unpaired) electrons. The minimum atomic E-state index is -1.28. The van der Waals surface area contributed by atoms with Gasteiger partial charge in [-0.1, -0.05) is 11.6 Å². The number of carboxylic acid groups (broad SMARTS) is 1. The average Bonchev–Trinajstić information content (AvgIpc) is 2.07. The van der Waals surface area contributed by atoms with Crippen molar-refractivity contribution >= 4 is 28.9 Å². The molecule has 14 heavy (non-hydrogen) atoms. The molecule has 7 heteroatoms. The summed E-state index contributed by atoms with van der Waals surface area (Å²) in [4.78, 5) is 20.2. The van der Waals surface area contributed by atoms with Crippen LogP contribution in [0.3, 0.4) is 0 Å². The monoisotopic (exact) mass is 216 g/mol. The first kappa shape index (κ1) is 10.3. The maximum Gasteiger partial charge on any atom is 0.337 e. The second kappa shape index (κ2) is 3.51. The van der Waals surface area contributed by atoms with Gasteiger partial charge in [0.15, 0.2) is 0 Å². The number of nitrogens with zero attached hydrogens (tertiary/aromatic N) is 1. The van der Waals surface area contributed by atoms with Crippen LogP contribution in [-0.2, 0) is 0 Å². The topological polar surface area (TPSA) is 106 Å². The van der Waals surface area contributed by atoms with Gasteiger partial charge in [-0.25, -0.2) is 4.79 Å². The number of benzene rings is 1. The first-order valence-corrected chi connectivity index (χ1v) is 3.78. The average molecular weight is 217 g/mol. The molecule has 0 aliphatic carbocycles. The van der Waals surface area contributed by atoms with Crippen LogP contribution in [0.5, 0.6) is 0 Å². The molecule has 0 aromatic heterocycles. The van der Waals surface area contributed by atoms with Crippen LogP contribution >= 0.6 is 11.6 Å². The lowest BCUT2D eigenvalue weighted by atomic mass is 10.2. The molecule has 0 spiro atoms. The minimum Gasteiger partial charge on any atom is -0.478 e. The summed E-state index contributed by atoms with van der Waals surface area (Å²) in [6.07, 6.45) is 0. The van der Waals surface area contributed by atoms with Gasteiger partial charge in [-0.3, -0.25) is 10.1 Å². The largest absolute Gasteiger partial charge is 0.478 e. The second-order valence-corrected chi connectivity index (χ2v) is 2.86. The summed E-state index contributed by atoms with van der Waals surface area (Å²) in [7, 11) is 0. The molecule has 0 fully saturated rings. The fraction of sp³-hybridized carbons (Fsp3) is 0. The highest BCUT2D eigenvalue weighted by Gasteiger charge is 2.18. The number of nitrogen functional groups attached to an aromatic ring is 1. The van der Waals surface area contributed by atoms with Crippen LogP contribution in [-0.4, -0.2) is 16.0 Å². The number of hydrogen-bond donors (Lipinski definition) is 2. The molecule has 0 saturated carbocycles. The van der Waals surface area contributed by atoms with Gasteiger partial charge in [0.2, 0.25) is 0 Å². The fourth-order valence-corrected chi connectivity index (χ4v) is 1.14. The van der Waals surface area contributed by atoms with E-state index in [0.717, 1.165) is 12.1 Å². The maximum atomic E-state index is 10.5. The van der Waals surface area contributed by atoms with Crippen molar-refractivity contribution < 1.29 is 14.8 Å². The summed E-state index contributed by atoms with van der Waals surface area (Å²) in [5.41, 5.74) is 4.38. The number of hydrogen-bond acceptors (Lipinski definition) is 4. The molecular weight excluding hydrogens is 212 g/mol. The van der Waals surface area contributed by atoms with E-state index in [1.54, 1.807) is 0 Å². The van der Waals surface area contributed by atoms with Crippen LogP contribution in [0.1, 0.15) is 10.4 Å². The van der Waals surface area contributed by atoms with Gasteiger partial charge in [0, 0.05) is 6.07 Å². The van der Waals surface area contributed by atoms with Crippen molar-refractivity contribution in [3.05, 3.63) is 32.8 Å². The van der Waals surface area contributed by atoms with E-state index in [0.29, 0.717) is 0 Å². The molecule has 0 bridgehead atoms. The molecule has 0 amide bonds. The Morgan fingerprint density at radius 2 is 2.14 bits per heavy atom. The summed E-state index contributed by atoms with van der Waals surface area (Å²) >= 11 is 5.50. The van der Waals surface area contributed by atoms with Gasteiger partial charge in [0.25, 0.3) is 5.69 Å². The summed E-state index contributed by atoms with van der Waals surface area (Å²) in [5.74, 6) is -1.28. The predicted molar refractivity (Wildman–Crippen MR) is 49.5 cm³/mol. The lowest BCUT2D eigenvalue weighted by Gasteiger charge is -2.01. The summed E-state index contributed by atoms with van der Waals surface area (Å²) < 4.78 is 0. The van der Waals surface area contributed by atoms with Crippen molar-refractivity contribution in [3.63, 3.8) is 0 Å². The molecular formula is C7H5ClN2O4. The number of nitro groups is 1. The normalized spacial score (nSPS) is 9.79. The zero-order valence-electron chi connectivity index (χ0n) is 6.73. The Hall–Kier alpha value is -1.82. The van der Waals surface area contributed by atoms with E-state index in [4.69, 9.17) is 22.4 Å². The number of nitro benzene ring substituents is 1. The number of carbonyl (C=O) groups is 1. The predicted octanol–water partition coefficient (Wildman–Crippen LogP) is 1.53. The molecule has 3 N–H and O–H groups in total. The highest BCUT2D eigenvalue weighted by molar-refractivity contribution is 6.33. The fourth-order valence-electron chi connectivity index (χ4n) is 0.902. The molecule has 0 atom stereocenters. The number of anilines is 1. The van der Waals surface area contributed by atoms with Gasteiger partial charge in [-0.2, -0.15) is 0 Å². The van der Waals surface area contributed by atoms with Gasteiger partial charge in [0.1, 0.15) is 5.69 Å². The second-order valence-electron chi connectivity index (χ2n) is 2.45. The number of aromatic carboxylic acids is 1. The highest BCUT2D eigenvalue weighted by atomic mass is 35.5. The molecule has 74 valence electrons. The number of rotatable bonds is 2. The van der Waals surface area contributed by atoms with Crippen LogP contribution in [0.4, 0.5) is 11.4 Å². The Morgan fingerprint density at radius 1 is 1.57 bits per heavy atom. The zero-order chi connectivity index (χ0) is 10.9. The van der Waals surface area contributed by atoms with Gasteiger partial charge in [0.05, 0.1) is 15.5 Å². The third kappa shape index (κ3) is 1.74. The Bertz CT molecular complexity index is 379. The van der Waals surface area contributed by atoms with E-state index in [1.165, 1.54) is 0 Å². The first-order chi connectivity index (χ1) is 6.43. The van der Waals surface area contributed by atoms with Crippen LogP contribution < -0.4 is 5.73 Å². The van der Waals surface area contributed by atoms with Crippen molar-refractivity contribution in [2.45, 2.75) is 0 Å². The van der Waals surface area contributed by atoms with E-state index < -0.39 is 16.6 Å². The first-order valence-electron chi connectivity index (χ1n) is 3.40. The van der Waals surface area contributed by atoms with E-state index in [-0.39, 0.29) is 16.3 Å². The van der Waals surface area contributed by atoms with Crippen molar-refractivity contribution in [1.29, 1.82) is 0 Å². The van der Waals surface area contributed by atoms with Gasteiger partial charge in [-0.15, -0.1) is 0 Å². The van der Waals surface area contributed by atoms with E-state index in [9.17, 15) is 14.9 Å². The van der Waals surface area contributed by atoms with Crippen molar-refractivity contribution in [2.75, 3.05) is 5.73 Å². The van der Waals surface area contributed by atoms with E-state index in [1.807, 2.05) is 0 Å². The van der Waals surface area contributed by atoms with Crippen LogP contribution in [0.25, 0.3) is 0 Å². The molecule has 0 unspecified atom stereocenters. The minimum absolute atomic E-state index is 0.210. The van der Waals surface area contributed by atoms with Crippen molar-refractivity contribution in [2.24, 2.45) is 0 Å². The summed E-state index contributed by atoms with van der Waals surface area (Å²) in [6.45, 7) is 0. The Labute approximate surface area is 83.0 Å². The molecule has 0 aliphatic heterocycles. The smallest absolute Gasteiger partial charge is 0.337 e. The number of halogens is 1. The van der Waals surface area contributed by atoms with Crippen LogP contribution in [0, 0.1) is 10.1 Å². The molecule has 1 aromatic rings. The molecule has 6 nitrogen and oxygen atoms in total. The molecule has 1 rings (SSSR count). The quantitative estimate of drug-likeness (QED) is 0.443. The Balaban J connectivity index is 3.38. The SMILES string of the molecule is Nc1cc(C(=O)O)c(Cl)cc1[N+](=O)[O-]. The van der Waals surface area contributed by atoms with E-state index in [2.05, 4.69) is 0 Å². The molecule has 0 saturated heterocycles. The van der Waals surface area contributed by atoms with Gasteiger partial charge in [-0.05, 0) is 6.07 Å².